The van der Waals surface area contributed by atoms with Crippen LogP contribution < -0.4 is 0 Å². The number of rotatable bonds is 3. The van der Waals surface area contributed by atoms with Crippen LogP contribution >= 0.6 is 0 Å². The van der Waals surface area contributed by atoms with Gasteiger partial charge in [0.1, 0.15) is 0 Å². The lowest BCUT2D eigenvalue weighted by molar-refractivity contribution is 0.172. The van der Waals surface area contributed by atoms with Crippen molar-refractivity contribution in [3.05, 3.63) is 29.6 Å². The van der Waals surface area contributed by atoms with Crippen molar-refractivity contribution in [1.82, 2.24) is 9.88 Å². The van der Waals surface area contributed by atoms with Gasteiger partial charge in [0.15, 0.2) is 0 Å². The Kier molecular flexibility index (Phi) is 2.57. The van der Waals surface area contributed by atoms with Crippen LogP contribution in [0.1, 0.15) is 17.7 Å². The van der Waals surface area contributed by atoms with Crippen molar-refractivity contribution in [2.75, 3.05) is 13.1 Å². The van der Waals surface area contributed by atoms with Crippen molar-refractivity contribution in [3.8, 4) is 0 Å². The summed E-state index contributed by atoms with van der Waals surface area (Å²) in [7, 11) is 0. The third-order valence-electron chi connectivity index (χ3n) is 2.40. The van der Waals surface area contributed by atoms with E-state index in [1.165, 1.54) is 25.1 Å². The van der Waals surface area contributed by atoms with Gasteiger partial charge in [-0.25, -0.2) is 0 Å². The maximum atomic E-state index is 8.79. The summed E-state index contributed by atoms with van der Waals surface area (Å²) in [5, 5.41) is 8.79. The molecule has 1 saturated heterocycles. The highest BCUT2D eigenvalue weighted by molar-refractivity contribution is 5.13. The minimum absolute atomic E-state index is 0.0317. The topological polar surface area (TPSA) is 36.4 Å². The van der Waals surface area contributed by atoms with Crippen LogP contribution in [-0.4, -0.2) is 28.1 Å². The average Bonchev–Trinajstić information content (AvgIpc) is 2.12. The molecule has 1 aliphatic heterocycles. The monoisotopic (exact) mass is 178 g/mol. The Morgan fingerprint density at radius 2 is 2.23 bits per heavy atom. The van der Waals surface area contributed by atoms with Gasteiger partial charge in [-0.05, 0) is 31.1 Å². The molecule has 0 aromatic carbocycles. The summed E-state index contributed by atoms with van der Waals surface area (Å²) < 4.78 is 0. The highest BCUT2D eigenvalue weighted by Crippen LogP contribution is 2.11. The molecular weight excluding hydrogens is 164 g/mol. The molecule has 0 unspecified atom stereocenters. The molecule has 0 bridgehead atoms. The van der Waals surface area contributed by atoms with Crippen LogP contribution in [0.4, 0.5) is 0 Å². The molecule has 0 amide bonds. The second kappa shape index (κ2) is 3.85. The minimum Gasteiger partial charge on any atom is -0.390 e. The number of nitrogens with zero attached hydrogens (tertiary/aromatic N) is 2. The first-order valence-corrected chi connectivity index (χ1v) is 4.65. The van der Waals surface area contributed by atoms with Crippen molar-refractivity contribution >= 4 is 0 Å². The third-order valence-corrected chi connectivity index (χ3v) is 2.40. The van der Waals surface area contributed by atoms with Crippen molar-refractivity contribution in [2.45, 2.75) is 19.6 Å². The van der Waals surface area contributed by atoms with E-state index in [0.717, 1.165) is 12.2 Å². The smallest absolute Gasteiger partial charge is 0.0852 e. The highest BCUT2D eigenvalue weighted by atomic mass is 16.3. The van der Waals surface area contributed by atoms with Gasteiger partial charge < -0.3 is 5.11 Å². The fourth-order valence-corrected chi connectivity index (χ4v) is 1.44. The number of hydrogen-bond acceptors (Lipinski definition) is 3. The Hall–Kier alpha value is -0.930. The van der Waals surface area contributed by atoms with Gasteiger partial charge in [-0.2, -0.15) is 0 Å². The number of aliphatic hydroxyl groups excluding tert-OH is 1. The van der Waals surface area contributed by atoms with Crippen LogP contribution in [0, 0.1) is 0 Å². The van der Waals surface area contributed by atoms with Gasteiger partial charge in [0.05, 0.1) is 12.3 Å². The molecule has 0 radical (unpaired) electrons. The Balaban J connectivity index is 1.96. The summed E-state index contributed by atoms with van der Waals surface area (Å²) in [6.07, 6.45) is 3.17. The van der Waals surface area contributed by atoms with Crippen molar-refractivity contribution in [1.29, 1.82) is 0 Å². The number of likely N-dealkylation sites (tertiary alicyclic amines) is 1. The molecule has 3 nitrogen and oxygen atoms in total. The first-order valence-electron chi connectivity index (χ1n) is 4.65. The summed E-state index contributed by atoms with van der Waals surface area (Å²) in [5.74, 6) is 0. The van der Waals surface area contributed by atoms with E-state index in [1.54, 1.807) is 0 Å². The number of pyridine rings is 1. The number of aromatic nitrogens is 1. The van der Waals surface area contributed by atoms with E-state index in [0.29, 0.717) is 0 Å². The molecule has 1 N–H and O–H groups in total. The minimum atomic E-state index is 0.0317. The van der Waals surface area contributed by atoms with Crippen molar-refractivity contribution in [2.24, 2.45) is 0 Å². The van der Waals surface area contributed by atoms with Gasteiger partial charge in [0, 0.05) is 12.7 Å². The molecule has 0 aliphatic carbocycles. The van der Waals surface area contributed by atoms with Gasteiger partial charge in [0.2, 0.25) is 0 Å². The van der Waals surface area contributed by atoms with Crippen molar-refractivity contribution in [3.63, 3.8) is 0 Å². The summed E-state index contributed by atoms with van der Waals surface area (Å²) in [6, 6.07) is 3.92. The predicted molar refractivity (Wildman–Crippen MR) is 50.1 cm³/mol. The molecule has 0 spiro atoms. The van der Waals surface area contributed by atoms with Crippen LogP contribution in [0.2, 0.25) is 0 Å². The largest absolute Gasteiger partial charge is 0.390 e. The zero-order valence-electron chi connectivity index (χ0n) is 7.61. The standard InChI is InChI=1S/C10H14N2O/c13-8-10-3-2-9(6-11-10)7-12-4-1-5-12/h2-3,6,13H,1,4-5,7-8H2. The quantitative estimate of drug-likeness (QED) is 0.743. The maximum Gasteiger partial charge on any atom is 0.0852 e. The average molecular weight is 178 g/mol. The van der Waals surface area contributed by atoms with Crippen LogP contribution in [0.3, 0.4) is 0 Å². The Labute approximate surface area is 78.0 Å². The molecule has 2 heterocycles. The van der Waals surface area contributed by atoms with E-state index in [2.05, 4.69) is 9.88 Å². The Bertz CT molecular complexity index is 267. The van der Waals surface area contributed by atoms with E-state index in [4.69, 9.17) is 5.11 Å². The van der Waals surface area contributed by atoms with Crippen LogP contribution in [-0.2, 0) is 13.2 Å². The molecule has 1 aromatic rings. The Morgan fingerprint density at radius 1 is 1.38 bits per heavy atom. The SMILES string of the molecule is OCc1ccc(CN2CCC2)cn1. The molecular formula is C10H14N2O. The number of hydrogen-bond donors (Lipinski definition) is 1. The van der Waals surface area contributed by atoms with E-state index >= 15 is 0 Å². The fraction of sp³-hybridized carbons (Fsp3) is 0.500. The van der Waals surface area contributed by atoms with Crippen LogP contribution in [0.5, 0.6) is 0 Å². The summed E-state index contributed by atoms with van der Waals surface area (Å²) >= 11 is 0. The number of aliphatic hydroxyl groups is 1. The van der Waals surface area contributed by atoms with Gasteiger partial charge in [0.25, 0.3) is 0 Å². The lowest BCUT2D eigenvalue weighted by Crippen LogP contribution is -2.36. The van der Waals surface area contributed by atoms with Crippen molar-refractivity contribution < 1.29 is 5.11 Å². The molecule has 1 fully saturated rings. The second-order valence-electron chi connectivity index (χ2n) is 3.45. The van der Waals surface area contributed by atoms with Gasteiger partial charge in [-0.1, -0.05) is 6.07 Å². The molecule has 2 rings (SSSR count). The zero-order chi connectivity index (χ0) is 9.10. The Morgan fingerprint density at radius 3 is 2.69 bits per heavy atom. The molecule has 1 aromatic heterocycles. The molecule has 3 heteroatoms. The first-order chi connectivity index (χ1) is 6.38. The normalized spacial score (nSPS) is 17.0. The van der Waals surface area contributed by atoms with E-state index in [-0.39, 0.29) is 6.61 Å². The first kappa shape index (κ1) is 8.66. The highest BCUT2D eigenvalue weighted by Gasteiger charge is 2.13. The third kappa shape index (κ3) is 2.05. The molecule has 13 heavy (non-hydrogen) atoms. The summed E-state index contributed by atoms with van der Waals surface area (Å²) in [4.78, 5) is 6.52. The van der Waals surface area contributed by atoms with E-state index in [1.807, 2.05) is 18.3 Å². The van der Waals surface area contributed by atoms with Gasteiger partial charge in [-0.15, -0.1) is 0 Å². The predicted octanol–water partition coefficient (Wildman–Crippen LogP) is 0.780. The second-order valence-corrected chi connectivity index (χ2v) is 3.45. The van der Waals surface area contributed by atoms with E-state index < -0.39 is 0 Å². The molecule has 1 aliphatic rings. The fourth-order valence-electron chi connectivity index (χ4n) is 1.44. The molecule has 0 saturated carbocycles. The van der Waals surface area contributed by atoms with Gasteiger partial charge >= 0.3 is 0 Å². The maximum absolute atomic E-state index is 8.79. The zero-order valence-corrected chi connectivity index (χ0v) is 7.61. The molecule has 70 valence electrons. The molecule has 0 atom stereocenters. The van der Waals surface area contributed by atoms with E-state index in [9.17, 15) is 0 Å². The lowest BCUT2D eigenvalue weighted by Gasteiger charge is -2.30. The summed E-state index contributed by atoms with van der Waals surface area (Å²) in [6.45, 7) is 3.45. The van der Waals surface area contributed by atoms with Crippen LogP contribution in [0.15, 0.2) is 18.3 Å². The summed E-state index contributed by atoms with van der Waals surface area (Å²) in [5.41, 5.74) is 1.98. The lowest BCUT2D eigenvalue weighted by atomic mass is 10.1. The van der Waals surface area contributed by atoms with Crippen LogP contribution in [0.25, 0.3) is 0 Å². The van der Waals surface area contributed by atoms with Gasteiger partial charge in [-0.3, -0.25) is 9.88 Å².